The Labute approximate surface area is 135 Å². The van der Waals surface area contributed by atoms with Crippen molar-refractivity contribution in [3.8, 4) is 5.75 Å². The minimum atomic E-state index is 0.755. The van der Waals surface area contributed by atoms with Gasteiger partial charge in [0.15, 0.2) is 0 Å². The van der Waals surface area contributed by atoms with E-state index < -0.39 is 0 Å². The van der Waals surface area contributed by atoms with Crippen LogP contribution in [0.4, 0.5) is 0 Å². The van der Waals surface area contributed by atoms with E-state index in [4.69, 9.17) is 4.74 Å². The molecule has 0 saturated carbocycles. The van der Waals surface area contributed by atoms with Gasteiger partial charge in [-0.1, -0.05) is 37.3 Å². The molecule has 0 N–H and O–H groups in total. The molecule has 1 aliphatic rings. The summed E-state index contributed by atoms with van der Waals surface area (Å²) in [5.74, 6) is 1.83. The Morgan fingerprint density at radius 3 is 2.71 bits per heavy atom. The third-order valence-corrected chi connectivity index (χ3v) is 5.19. The molecule has 0 aromatic heterocycles. The van der Waals surface area contributed by atoms with Crippen LogP contribution in [0.2, 0.25) is 0 Å². The average Bonchev–Trinajstić information content (AvgIpc) is 2.52. The summed E-state index contributed by atoms with van der Waals surface area (Å²) in [7, 11) is 0. The lowest BCUT2D eigenvalue weighted by atomic mass is 9.99. The van der Waals surface area contributed by atoms with Crippen LogP contribution in [-0.2, 0) is 0 Å². The highest BCUT2D eigenvalue weighted by atomic mass is 79.9. The Hall–Kier alpha value is -1.06. The molecule has 1 heterocycles. The van der Waals surface area contributed by atoms with Crippen LogP contribution in [0.15, 0.2) is 40.9 Å². The van der Waals surface area contributed by atoms with Crippen LogP contribution >= 0.6 is 15.9 Å². The average molecular weight is 348 g/mol. The van der Waals surface area contributed by atoms with Gasteiger partial charge in [-0.15, -0.1) is 0 Å². The number of hydrogen-bond acceptors (Lipinski definition) is 2. The van der Waals surface area contributed by atoms with Gasteiger partial charge in [0, 0.05) is 6.54 Å². The molecule has 0 radical (unpaired) electrons. The van der Waals surface area contributed by atoms with Crippen molar-refractivity contribution in [2.24, 2.45) is 5.92 Å². The number of nitrogens with zero attached hydrogens (tertiary/aromatic N) is 1. The second kappa shape index (κ2) is 6.80. The summed E-state index contributed by atoms with van der Waals surface area (Å²) >= 11 is 3.68. The van der Waals surface area contributed by atoms with E-state index in [1.165, 1.54) is 36.7 Å². The zero-order valence-electron chi connectivity index (χ0n) is 12.5. The highest BCUT2D eigenvalue weighted by Crippen LogP contribution is 2.33. The molecule has 3 rings (SSSR count). The van der Waals surface area contributed by atoms with Crippen molar-refractivity contribution in [2.75, 3.05) is 26.2 Å². The summed E-state index contributed by atoms with van der Waals surface area (Å²) in [4.78, 5) is 2.51. The number of fused-ring (bicyclic) bond motifs is 1. The molecule has 1 fully saturated rings. The van der Waals surface area contributed by atoms with Crippen LogP contribution in [0.25, 0.3) is 10.8 Å². The van der Waals surface area contributed by atoms with Crippen molar-refractivity contribution in [1.82, 2.24) is 4.90 Å². The lowest BCUT2D eigenvalue weighted by molar-refractivity contribution is 0.160. The quantitative estimate of drug-likeness (QED) is 0.793. The highest BCUT2D eigenvalue weighted by Gasteiger charge is 2.15. The van der Waals surface area contributed by atoms with Crippen molar-refractivity contribution in [2.45, 2.75) is 19.8 Å². The van der Waals surface area contributed by atoms with E-state index in [9.17, 15) is 0 Å². The molecule has 2 aromatic carbocycles. The SMILES string of the molecule is CC1CCN(CCOc2ccc3ccccc3c2Br)CC1. The minimum Gasteiger partial charge on any atom is -0.491 e. The summed E-state index contributed by atoms with van der Waals surface area (Å²) in [6.45, 7) is 6.55. The fraction of sp³-hybridized carbons (Fsp3) is 0.444. The van der Waals surface area contributed by atoms with Crippen molar-refractivity contribution in [3.05, 3.63) is 40.9 Å². The van der Waals surface area contributed by atoms with E-state index >= 15 is 0 Å². The van der Waals surface area contributed by atoms with E-state index in [0.717, 1.165) is 29.3 Å². The molecule has 0 aliphatic carbocycles. The second-order valence-electron chi connectivity index (χ2n) is 5.97. The first-order valence-corrected chi connectivity index (χ1v) is 8.56. The molecule has 0 spiro atoms. The molecule has 0 unspecified atom stereocenters. The van der Waals surface area contributed by atoms with Crippen LogP contribution in [0, 0.1) is 5.92 Å². The van der Waals surface area contributed by atoms with Crippen LogP contribution in [0.1, 0.15) is 19.8 Å². The number of likely N-dealkylation sites (tertiary alicyclic amines) is 1. The number of benzene rings is 2. The fourth-order valence-electron chi connectivity index (χ4n) is 2.90. The first-order valence-electron chi connectivity index (χ1n) is 7.76. The Morgan fingerprint density at radius 1 is 1.14 bits per heavy atom. The lowest BCUT2D eigenvalue weighted by Gasteiger charge is -2.30. The third kappa shape index (κ3) is 3.58. The molecule has 0 atom stereocenters. The minimum absolute atomic E-state index is 0.755. The Balaban J connectivity index is 1.59. The maximum Gasteiger partial charge on any atom is 0.134 e. The number of halogens is 1. The van der Waals surface area contributed by atoms with Gasteiger partial charge in [-0.05, 0) is 64.6 Å². The largest absolute Gasteiger partial charge is 0.491 e. The molecule has 1 saturated heterocycles. The molecule has 2 nitrogen and oxygen atoms in total. The number of hydrogen-bond donors (Lipinski definition) is 0. The Morgan fingerprint density at radius 2 is 1.90 bits per heavy atom. The zero-order chi connectivity index (χ0) is 14.7. The van der Waals surface area contributed by atoms with Crippen LogP contribution < -0.4 is 4.74 Å². The molecule has 0 amide bonds. The summed E-state index contributed by atoms with van der Waals surface area (Å²) in [6.07, 6.45) is 2.64. The van der Waals surface area contributed by atoms with Gasteiger partial charge in [0.25, 0.3) is 0 Å². The van der Waals surface area contributed by atoms with E-state index in [1.807, 2.05) is 0 Å². The Bertz CT molecular complexity index is 605. The molecule has 2 aromatic rings. The Kier molecular flexibility index (Phi) is 4.81. The van der Waals surface area contributed by atoms with Gasteiger partial charge >= 0.3 is 0 Å². The molecule has 1 aliphatic heterocycles. The van der Waals surface area contributed by atoms with Gasteiger partial charge < -0.3 is 4.74 Å². The number of ether oxygens (including phenoxy) is 1. The smallest absolute Gasteiger partial charge is 0.134 e. The van der Waals surface area contributed by atoms with E-state index in [-0.39, 0.29) is 0 Å². The van der Waals surface area contributed by atoms with Crippen LogP contribution in [0.5, 0.6) is 5.75 Å². The van der Waals surface area contributed by atoms with E-state index in [1.54, 1.807) is 0 Å². The molecular weight excluding hydrogens is 326 g/mol. The highest BCUT2D eigenvalue weighted by molar-refractivity contribution is 9.10. The van der Waals surface area contributed by atoms with Crippen LogP contribution in [0.3, 0.4) is 0 Å². The van der Waals surface area contributed by atoms with Crippen molar-refractivity contribution in [3.63, 3.8) is 0 Å². The monoisotopic (exact) mass is 347 g/mol. The predicted octanol–water partition coefficient (Wildman–Crippen LogP) is 4.71. The van der Waals surface area contributed by atoms with Gasteiger partial charge in [-0.25, -0.2) is 0 Å². The molecule has 112 valence electrons. The normalized spacial score (nSPS) is 17.2. The summed E-state index contributed by atoms with van der Waals surface area (Å²) in [6, 6.07) is 12.6. The summed E-state index contributed by atoms with van der Waals surface area (Å²) in [5, 5.41) is 2.45. The van der Waals surface area contributed by atoms with Gasteiger partial charge in [0.1, 0.15) is 12.4 Å². The first-order chi connectivity index (χ1) is 10.2. The maximum atomic E-state index is 5.99. The van der Waals surface area contributed by atoms with Gasteiger partial charge in [-0.2, -0.15) is 0 Å². The second-order valence-corrected chi connectivity index (χ2v) is 6.76. The van der Waals surface area contributed by atoms with Crippen LogP contribution in [-0.4, -0.2) is 31.1 Å². The first kappa shape index (κ1) is 14.9. The lowest BCUT2D eigenvalue weighted by Crippen LogP contribution is -2.35. The fourth-order valence-corrected chi connectivity index (χ4v) is 3.50. The van der Waals surface area contributed by atoms with Gasteiger partial charge in [0.2, 0.25) is 0 Å². The maximum absolute atomic E-state index is 5.99. The molecule has 21 heavy (non-hydrogen) atoms. The molecule has 0 bridgehead atoms. The topological polar surface area (TPSA) is 12.5 Å². The third-order valence-electron chi connectivity index (χ3n) is 4.37. The molecular formula is C18H22BrNO. The van der Waals surface area contributed by atoms with E-state index in [0.29, 0.717) is 0 Å². The van der Waals surface area contributed by atoms with Gasteiger partial charge in [0.05, 0.1) is 4.47 Å². The molecule has 3 heteroatoms. The van der Waals surface area contributed by atoms with Crippen molar-refractivity contribution < 1.29 is 4.74 Å². The summed E-state index contributed by atoms with van der Waals surface area (Å²) < 4.78 is 7.05. The van der Waals surface area contributed by atoms with Gasteiger partial charge in [-0.3, -0.25) is 4.90 Å². The predicted molar refractivity (Wildman–Crippen MR) is 92.0 cm³/mol. The number of piperidine rings is 1. The van der Waals surface area contributed by atoms with Crippen molar-refractivity contribution in [1.29, 1.82) is 0 Å². The zero-order valence-corrected chi connectivity index (χ0v) is 14.1. The van der Waals surface area contributed by atoms with Crippen molar-refractivity contribution >= 4 is 26.7 Å². The standard InChI is InChI=1S/C18H22BrNO/c1-14-8-10-20(11-9-14)12-13-21-17-7-6-15-4-2-3-5-16(15)18(17)19/h2-7,14H,8-13H2,1H3. The van der Waals surface area contributed by atoms with E-state index in [2.05, 4.69) is 64.2 Å². The summed E-state index contributed by atoms with van der Waals surface area (Å²) in [5.41, 5.74) is 0. The number of rotatable bonds is 4.